The lowest BCUT2D eigenvalue weighted by Crippen LogP contribution is -2.38. The summed E-state index contributed by atoms with van der Waals surface area (Å²) in [5.41, 5.74) is 5.56. The maximum absolute atomic E-state index is 6.23. The fourth-order valence-electron chi connectivity index (χ4n) is 6.88. The van der Waals surface area contributed by atoms with Crippen LogP contribution in [0.5, 0.6) is 5.75 Å². The minimum absolute atomic E-state index is 0.0514. The maximum Gasteiger partial charge on any atom is 0.138 e. The van der Waals surface area contributed by atoms with Gasteiger partial charge in [-0.3, -0.25) is 0 Å². The summed E-state index contributed by atoms with van der Waals surface area (Å²) in [5, 5.41) is 6.62. The van der Waals surface area contributed by atoms with Gasteiger partial charge in [0.25, 0.3) is 0 Å². The van der Waals surface area contributed by atoms with Crippen molar-refractivity contribution in [2.24, 2.45) is 0 Å². The first-order chi connectivity index (χ1) is 22.6. The molecule has 0 atom stereocenters. The van der Waals surface area contributed by atoms with Crippen LogP contribution in [0.3, 0.4) is 0 Å². The molecule has 0 aliphatic carbocycles. The van der Waals surface area contributed by atoms with Crippen molar-refractivity contribution in [3.8, 4) is 17.0 Å². The minimum Gasteiger partial charge on any atom is -0.491 e. The Morgan fingerprint density at radius 2 is 1.33 bits per heavy atom. The number of benzene rings is 4. The standard InChI is InChI=1S/C40H40N4O2/c1-29(2)46-35-19-20-37-36(28-35)39(30-21-24-41-38(27-30)43-25-22-34(45-3)23-26-43)42-44(37)40(31-13-7-4-8-14-31,32-15-9-5-10-16-32)33-17-11-6-12-18-33/h4-21,24,27-29,34H,22-23,25-26H2,1-3H3. The zero-order chi connectivity index (χ0) is 31.5. The number of hydrogen-bond donors (Lipinski definition) is 0. The molecule has 0 bridgehead atoms. The van der Waals surface area contributed by atoms with E-state index in [-0.39, 0.29) is 6.10 Å². The minimum atomic E-state index is -0.751. The molecule has 3 heterocycles. The Labute approximate surface area is 271 Å². The number of hydrogen-bond acceptors (Lipinski definition) is 5. The molecular weight excluding hydrogens is 568 g/mol. The summed E-state index contributed by atoms with van der Waals surface area (Å²) in [5.74, 6) is 1.79. The van der Waals surface area contributed by atoms with Gasteiger partial charge >= 0.3 is 0 Å². The summed E-state index contributed by atoms with van der Waals surface area (Å²) in [6.07, 6.45) is 4.24. The quantitative estimate of drug-likeness (QED) is 0.155. The van der Waals surface area contributed by atoms with Crippen molar-refractivity contribution in [3.63, 3.8) is 0 Å². The van der Waals surface area contributed by atoms with E-state index >= 15 is 0 Å². The van der Waals surface area contributed by atoms with Crippen LogP contribution in [0.25, 0.3) is 22.2 Å². The van der Waals surface area contributed by atoms with Gasteiger partial charge in [-0.25, -0.2) is 9.67 Å². The number of ether oxygens (including phenoxy) is 2. The van der Waals surface area contributed by atoms with Gasteiger partial charge in [-0.1, -0.05) is 91.0 Å². The van der Waals surface area contributed by atoms with Crippen molar-refractivity contribution in [1.29, 1.82) is 0 Å². The van der Waals surface area contributed by atoms with Crippen LogP contribution in [-0.2, 0) is 10.3 Å². The average Bonchev–Trinajstić information content (AvgIpc) is 3.49. The number of methoxy groups -OCH3 is 1. The van der Waals surface area contributed by atoms with Crippen molar-refractivity contribution in [1.82, 2.24) is 14.8 Å². The third-order valence-corrected chi connectivity index (χ3v) is 9.03. The zero-order valence-corrected chi connectivity index (χ0v) is 26.7. The fraction of sp³-hybridized carbons (Fsp3) is 0.250. The third kappa shape index (κ3) is 5.43. The lowest BCUT2D eigenvalue weighted by Gasteiger charge is -2.37. The molecule has 1 aliphatic heterocycles. The highest BCUT2D eigenvalue weighted by Crippen LogP contribution is 2.44. The number of anilines is 1. The lowest BCUT2D eigenvalue weighted by atomic mass is 9.77. The van der Waals surface area contributed by atoms with E-state index in [2.05, 4.69) is 145 Å². The largest absolute Gasteiger partial charge is 0.491 e. The second-order valence-corrected chi connectivity index (χ2v) is 12.2. The zero-order valence-electron chi connectivity index (χ0n) is 26.7. The molecule has 4 aromatic carbocycles. The van der Waals surface area contributed by atoms with E-state index in [1.165, 1.54) is 0 Å². The van der Waals surface area contributed by atoms with Crippen molar-refractivity contribution in [2.75, 3.05) is 25.1 Å². The molecule has 0 radical (unpaired) electrons. The summed E-state index contributed by atoms with van der Waals surface area (Å²) in [4.78, 5) is 7.16. The van der Waals surface area contributed by atoms with E-state index in [0.717, 1.165) is 76.3 Å². The molecule has 2 aromatic heterocycles. The van der Waals surface area contributed by atoms with Gasteiger partial charge in [0.2, 0.25) is 0 Å². The lowest BCUT2D eigenvalue weighted by molar-refractivity contribution is 0.0818. The molecule has 6 aromatic rings. The smallest absolute Gasteiger partial charge is 0.138 e. The molecule has 0 spiro atoms. The van der Waals surface area contributed by atoms with Gasteiger partial charge in [0.1, 0.15) is 22.8 Å². The molecule has 1 aliphatic rings. The molecule has 232 valence electrons. The van der Waals surface area contributed by atoms with E-state index in [4.69, 9.17) is 19.6 Å². The average molecular weight is 609 g/mol. The monoisotopic (exact) mass is 608 g/mol. The number of pyridine rings is 1. The van der Waals surface area contributed by atoms with Crippen LogP contribution >= 0.6 is 0 Å². The van der Waals surface area contributed by atoms with Gasteiger partial charge in [0.15, 0.2) is 0 Å². The normalized spacial score (nSPS) is 14.2. The van der Waals surface area contributed by atoms with Crippen molar-refractivity contribution >= 4 is 16.7 Å². The summed E-state index contributed by atoms with van der Waals surface area (Å²) >= 11 is 0. The van der Waals surface area contributed by atoms with Crippen LogP contribution in [0, 0.1) is 0 Å². The molecule has 6 heteroatoms. The van der Waals surface area contributed by atoms with Gasteiger partial charge in [-0.2, -0.15) is 5.10 Å². The molecule has 0 amide bonds. The van der Waals surface area contributed by atoms with Gasteiger partial charge in [-0.15, -0.1) is 0 Å². The van der Waals surface area contributed by atoms with E-state index in [1.807, 2.05) is 6.20 Å². The maximum atomic E-state index is 6.23. The molecule has 0 N–H and O–H groups in total. The Balaban J connectivity index is 1.50. The molecule has 1 saturated heterocycles. The van der Waals surface area contributed by atoms with E-state index < -0.39 is 5.54 Å². The van der Waals surface area contributed by atoms with Crippen LogP contribution in [0.4, 0.5) is 5.82 Å². The summed E-state index contributed by atoms with van der Waals surface area (Å²) < 4.78 is 14.1. The van der Waals surface area contributed by atoms with Crippen LogP contribution in [-0.4, -0.2) is 47.2 Å². The van der Waals surface area contributed by atoms with E-state index in [1.54, 1.807) is 7.11 Å². The molecule has 0 saturated carbocycles. The highest BCUT2D eigenvalue weighted by atomic mass is 16.5. The number of piperidine rings is 1. The van der Waals surface area contributed by atoms with E-state index in [0.29, 0.717) is 6.10 Å². The molecule has 7 rings (SSSR count). The third-order valence-electron chi connectivity index (χ3n) is 9.03. The van der Waals surface area contributed by atoms with Gasteiger partial charge < -0.3 is 14.4 Å². The SMILES string of the molecule is COC1CCN(c2cc(-c3nn(C(c4ccccc4)(c4ccccc4)c4ccccc4)c4ccc(OC(C)C)cc34)ccn2)CC1. The van der Waals surface area contributed by atoms with Gasteiger partial charge in [0.05, 0.1) is 17.7 Å². The second kappa shape index (κ2) is 12.8. The van der Waals surface area contributed by atoms with Crippen molar-refractivity contribution < 1.29 is 9.47 Å². The van der Waals surface area contributed by atoms with Crippen LogP contribution in [0.2, 0.25) is 0 Å². The van der Waals surface area contributed by atoms with Crippen molar-refractivity contribution in [2.45, 2.75) is 44.4 Å². The first-order valence-corrected chi connectivity index (χ1v) is 16.2. The Kier molecular flexibility index (Phi) is 8.29. The van der Waals surface area contributed by atoms with Gasteiger partial charge in [0, 0.05) is 37.3 Å². The Hall–Kier alpha value is -4.94. The highest BCUT2D eigenvalue weighted by Gasteiger charge is 2.41. The number of nitrogens with zero attached hydrogens (tertiary/aromatic N) is 4. The molecule has 1 fully saturated rings. The fourth-order valence-corrected chi connectivity index (χ4v) is 6.88. The van der Waals surface area contributed by atoms with Crippen LogP contribution < -0.4 is 9.64 Å². The summed E-state index contributed by atoms with van der Waals surface area (Å²) in [6, 6.07) is 42.7. The molecule has 0 unspecified atom stereocenters. The first kappa shape index (κ1) is 29.8. The first-order valence-electron chi connectivity index (χ1n) is 16.2. The number of aromatic nitrogens is 3. The Morgan fingerprint density at radius 1 is 0.739 bits per heavy atom. The Bertz CT molecular complexity index is 1800. The number of rotatable bonds is 9. The predicted molar refractivity (Wildman–Crippen MR) is 186 cm³/mol. The molecule has 6 nitrogen and oxygen atoms in total. The Morgan fingerprint density at radius 3 is 1.87 bits per heavy atom. The van der Waals surface area contributed by atoms with Gasteiger partial charge in [-0.05, 0) is 73.7 Å². The highest BCUT2D eigenvalue weighted by molar-refractivity contribution is 5.95. The second-order valence-electron chi connectivity index (χ2n) is 12.2. The molecule has 46 heavy (non-hydrogen) atoms. The van der Waals surface area contributed by atoms with E-state index in [9.17, 15) is 0 Å². The van der Waals surface area contributed by atoms with Crippen molar-refractivity contribution in [3.05, 3.63) is 144 Å². The van der Waals surface area contributed by atoms with Crippen LogP contribution in [0.1, 0.15) is 43.4 Å². The topological polar surface area (TPSA) is 52.4 Å². The summed E-state index contributed by atoms with van der Waals surface area (Å²) in [7, 11) is 1.80. The van der Waals surface area contributed by atoms with Crippen LogP contribution in [0.15, 0.2) is 128 Å². The summed E-state index contributed by atoms with van der Waals surface area (Å²) in [6.45, 7) is 5.94. The molecular formula is C40H40N4O2. The number of fused-ring (bicyclic) bond motifs is 1. The predicted octanol–water partition coefficient (Wildman–Crippen LogP) is 8.34.